The van der Waals surface area contributed by atoms with Gasteiger partial charge in [-0.2, -0.15) is 5.26 Å². The molecule has 0 atom stereocenters. The summed E-state index contributed by atoms with van der Waals surface area (Å²) in [5, 5.41) is 12.2. The van der Waals surface area contributed by atoms with E-state index in [1.807, 2.05) is 6.07 Å². The zero-order chi connectivity index (χ0) is 18.7. The molecule has 0 saturated heterocycles. The lowest BCUT2D eigenvalue weighted by atomic mass is 10.1. The Morgan fingerprint density at radius 2 is 2.12 bits per heavy atom. The maximum atomic E-state index is 12.2. The highest BCUT2D eigenvalue weighted by atomic mass is 32.1. The van der Waals surface area contributed by atoms with Gasteiger partial charge < -0.3 is 19.5 Å². The van der Waals surface area contributed by atoms with Gasteiger partial charge in [-0.15, -0.1) is 11.3 Å². The van der Waals surface area contributed by atoms with Gasteiger partial charge in [-0.1, -0.05) is 6.07 Å². The van der Waals surface area contributed by atoms with E-state index in [-0.39, 0.29) is 12.4 Å². The van der Waals surface area contributed by atoms with E-state index >= 15 is 0 Å². The molecular formula is C18H14N2O5S. The van der Waals surface area contributed by atoms with Crippen LogP contribution >= 0.6 is 11.3 Å². The van der Waals surface area contributed by atoms with E-state index in [9.17, 15) is 14.9 Å². The van der Waals surface area contributed by atoms with Crippen LogP contribution in [0.3, 0.4) is 0 Å². The highest BCUT2D eigenvalue weighted by molar-refractivity contribution is 7.18. The average molecular weight is 370 g/mol. The van der Waals surface area contributed by atoms with E-state index in [1.54, 1.807) is 31.2 Å². The van der Waals surface area contributed by atoms with Crippen LogP contribution in [0, 0.1) is 18.3 Å². The number of methoxy groups -OCH3 is 1. The van der Waals surface area contributed by atoms with Crippen LogP contribution in [0.5, 0.6) is 11.5 Å². The third-order valence-electron chi connectivity index (χ3n) is 3.69. The number of carbonyl (C=O) groups excluding carboxylic acids is 2. The van der Waals surface area contributed by atoms with Gasteiger partial charge in [0.05, 0.1) is 12.7 Å². The number of ether oxygens (including phenoxy) is 3. The number of carbonyl (C=O) groups is 2. The summed E-state index contributed by atoms with van der Waals surface area (Å²) in [6.45, 7) is 1.82. The molecule has 0 saturated carbocycles. The maximum absolute atomic E-state index is 12.2. The van der Waals surface area contributed by atoms with Crippen LogP contribution in [-0.2, 0) is 9.53 Å². The quantitative estimate of drug-likeness (QED) is 0.656. The van der Waals surface area contributed by atoms with Gasteiger partial charge in [0, 0.05) is 6.08 Å². The number of nitriles is 1. The topological polar surface area (TPSA) is 97.7 Å². The molecule has 1 amide bonds. The molecule has 132 valence electrons. The minimum atomic E-state index is -0.541. The van der Waals surface area contributed by atoms with Crippen LogP contribution in [0.15, 0.2) is 24.3 Å². The predicted octanol–water partition coefficient (Wildman–Crippen LogP) is 3.10. The highest BCUT2D eigenvalue weighted by Crippen LogP contribution is 2.34. The average Bonchev–Trinajstić information content (AvgIpc) is 3.23. The van der Waals surface area contributed by atoms with Gasteiger partial charge in [0.2, 0.25) is 12.7 Å². The standard InChI is InChI=1S/C18H14N2O5S/c1-10-12(8-19)17(26-16(10)18(22)23-2)20-15(21)6-4-11-3-5-13-14(7-11)25-9-24-13/h3-7H,9H2,1-2H3,(H,20,21). The van der Waals surface area contributed by atoms with Crippen molar-refractivity contribution in [1.82, 2.24) is 0 Å². The number of hydrogen-bond acceptors (Lipinski definition) is 7. The lowest BCUT2D eigenvalue weighted by molar-refractivity contribution is -0.111. The molecule has 7 nitrogen and oxygen atoms in total. The predicted molar refractivity (Wildman–Crippen MR) is 95.3 cm³/mol. The van der Waals surface area contributed by atoms with E-state index in [1.165, 1.54) is 13.2 Å². The molecule has 0 radical (unpaired) electrons. The minimum absolute atomic E-state index is 0.181. The molecular weight excluding hydrogens is 356 g/mol. The fourth-order valence-corrected chi connectivity index (χ4v) is 3.44. The zero-order valence-corrected chi connectivity index (χ0v) is 14.8. The van der Waals surface area contributed by atoms with Crippen molar-refractivity contribution in [1.29, 1.82) is 5.26 Å². The summed E-state index contributed by atoms with van der Waals surface area (Å²) in [4.78, 5) is 24.2. The number of fused-ring (bicyclic) bond motifs is 1. The number of benzene rings is 1. The SMILES string of the molecule is COC(=O)c1sc(NC(=O)C=Cc2ccc3c(c2)OCO3)c(C#N)c1C. The summed E-state index contributed by atoms with van der Waals surface area (Å²) in [6, 6.07) is 7.32. The Kier molecular flexibility index (Phi) is 4.91. The van der Waals surface area contributed by atoms with E-state index < -0.39 is 11.9 Å². The number of amides is 1. The Morgan fingerprint density at radius 3 is 2.85 bits per heavy atom. The van der Waals surface area contributed by atoms with Crippen LogP contribution in [0.1, 0.15) is 26.4 Å². The Labute approximate surface area is 153 Å². The number of esters is 1. The van der Waals surface area contributed by atoms with E-state index in [0.717, 1.165) is 16.9 Å². The molecule has 8 heteroatoms. The first-order chi connectivity index (χ1) is 12.5. The number of nitrogens with zero attached hydrogens (tertiary/aromatic N) is 1. The largest absolute Gasteiger partial charge is 0.465 e. The summed E-state index contributed by atoms with van der Waals surface area (Å²) >= 11 is 1.01. The molecule has 0 unspecified atom stereocenters. The Balaban J connectivity index is 1.76. The van der Waals surface area contributed by atoms with Crippen LogP contribution in [-0.4, -0.2) is 25.8 Å². The minimum Gasteiger partial charge on any atom is -0.465 e. The maximum Gasteiger partial charge on any atom is 0.348 e. The summed E-state index contributed by atoms with van der Waals surface area (Å²) in [5.74, 6) is 0.322. The van der Waals surface area contributed by atoms with Gasteiger partial charge in [0.1, 0.15) is 15.9 Å². The molecule has 2 aromatic rings. The molecule has 3 rings (SSSR count). The van der Waals surface area contributed by atoms with Gasteiger partial charge in [-0.3, -0.25) is 4.79 Å². The molecule has 1 aromatic heterocycles. The van der Waals surface area contributed by atoms with Gasteiger partial charge in [-0.25, -0.2) is 4.79 Å². The first-order valence-corrected chi connectivity index (χ1v) is 8.35. The normalized spacial score (nSPS) is 12.0. The molecule has 0 bridgehead atoms. The number of thiophene rings is 1. The molecule has 26 heavy (non-hydrogen) atoms. The molecule has 1 aliphatic heterocycles. The Morgan fingerprint density at radius 1 is 1.35 bits per heavy atom. The van der Waals surface area contributed by atoms with Crippen LogP contribution < -0.4 is 14.8 Å². The summed E-state index contributed by atoms with van der Waals surface area (Å²) in [5.41, 5.74) is 1.50. The Bertz CT molecular complexity index is 955. The lowest BCUT2D eigenvalue weighted by Gasteiger charge is -2.00. The van der Waals surface area contributed by atoms with Crippen molar-refractivity contribution in [3.8, 4) is 17.6 Å². The second kappa shape index (κ2) is 7.29. The Hall–Kier alpha value is -3.31. The zero-order valence-electron chi connectivity index (χ0n) is 14.0. The van der Waals surface area contributed by atoms with Crippen molar-refractivity contribution in [3.05, 3.63) is 45.8 Å². The van der Waals surface area contributed by atoms with Crippen LogP contribution in [0.2, 0.25) is 0 Å². The molecule has 0 fully saturated rings. The van der Waals surface area contributed by atoms with Crippen LogP contribution in [0.4, 0.5) is 5.00 Å². The molecule has 1 aliphatic rings. The molecule has 0 aliphatic carbocycles. The molecule has 0 spiro atoms. The smallest absolute Gasteiger partial charge is 0.348 e. The van der Waals surface area contributed by atoms with Gasteiger partial charge in [-0.05, 0) is 36.3 Å². The summed E-state index contributed by atoms with van der Waals surface area (Å²) in [7, 11) is 1.26. The fraction of sp³-hybridized carbons (Fsp3) is 0.167. The number of rotatable bonds is 4. The highest BCUT2D eigenvalue weighted by Gasteiger charge is 2.21. The fourth-order valence-electron chi connectivity index (χ4n) is 2.37. The third-order valence-corrected chi connectivity index (χ3v) is 4.88. The van der Waals surface area contributed by atoms with Gasteiger partial charge in [0.15, 0.2) is 11.5 Å². The first-order valence-electron chi connectivity index (χ1n) is 7.54. The van der Waals surface area contributed by atoms with E-state index in [0.29, 0.717) is 26.9 Å². The monoisotopic (exact) mass is 370 g/mol. The van der Waals surface area contributed by atoms with Crippen molar-refractivity contribution >= 4 is 34.3 Å². The lowest BCUT2D eigenvalue weighted by Crippen LogP contribution is -2.07. The number of anilines is 1. The first kappa shape index (κ1) is 17.5. The van der Waals surface area contributed by atoms with Crippen LogP contribution in [0.25, 0.3) is 6.08 Å². The molecule has 1 N–H and O–H groups in total. The van der Waals surface area contributed by atoms with Crippen molar-refractivity contribution in [3.63, 3.8) is 0 Å². The van der Waals surface area contributed by atoms with E-state index in [4.69, 9.17) is 14.2 Å². The van der Waals surface area contributed by atoms with Crippen molar-refractivity contribution in [2.24, 2.45) is 0 Å². The summed E-state index contributed by atoms with van der Waals surface area (Å²) < 4.78 is 15.2. The second-order valence-corrected chi connectivity index (χ2v) is 6.32. The van der Waals surface area contributed by atoms with E-state index in [2.05, 4.69) is 5.32 Å². The summed E-state index contributed by atoms with van der Waals surface area (Å²) in [6.07, 6.45) is 2.95. The van der Waals surface area contributed by atoms with Gasteiger partial charge >= 0.3 is 5.97 Å². The third kappa shape index (κ3) is 3.38. The second-order valence-electron chi connectivity index (χ2n) is 5.30. The van der Waals surface area contributed by atoms with Crippen molar-refractivity contribution in [2.45, 2.75) is 6.92 Å². The van der Waals surface area contributed by atoms with Crippen molar-refractivity contribution < 1.29 is 23.8 Å². The van der Waals surface area contributed by atoms with Crippen molar-refractivity contribution in [2.75, 3.05) is 19.2 Å². The molecule has 1 aromatic carbocycles. The number of nitrogens with one attached hydrogen (secondary N) is 1. The number of hydrogen-bond donors (Lipinski definition) is 1. The molecule has 2 heterocycles. The van der Waals surface area contributed by atoms with Gasteiger partial charge in [0.25, 0.3) is 0 Å².